The molecule has 1 amide bonds. The maximum absolute atomic E-state index is 12.9. The molecule has 29 heavy (non-hydrogen) atoms. The lowest BCUT2D eigenvalue weighted by atomic mass is 9.98. The van der Waals surface area contributed by atoms with E-state index in [-0.39, 0.29) is 54.0 Å². The van der Waals surface area contributed by atoms with E-state index in [9.17, 15) is 14.0 Å². The summed E-state index contributed by atoms with van der Waals surface area (Å²) in [6, 6.07) is 5.89. The Balaban J connectivity index is 0.00000420. The van der Waals surface area contributed by atoms with Crippen molar-refractivity contribution in [1.29, 1.82) is 0 Å². The minimum atomic E-state index is -0.317. The van der Waals surface area contributed by atoms with Gasteiger partial charge in [0.2, 0.25) is 5.91 Å². The fourth-order valence-corrected chi connectivity index (χ4v) is 3.18. The largest absolute Gasteiger partial charge is 0.466 e. The molecular weight excluding hydrogens is 490 g/mol. The maximum atomic E-state index is 12.9. The van der Waals surface area contributed by atoms with Crippen LogP contribution in [0, 0.1) is 11.7 Å². The van der Waals surface area contributed by atoms with Crippen LogP contribution in [0.5, 0.6) is 0 Å². The lowest BCUT2D eigenvalue weighted by molar-refractivity contribution is -0.149. The molecule has 162 valence electrons. The van der Waals surface area contributed by atoms with E-state index in [1.807, 2.05) is 11.8 Å². The van der Waals surface area contributed by atoms with Gasteiger partial charge in [-0.15, -0.1) is 24.0 Å². The van der Waals surface area contributed by atoms with Gasteiger partial charge in [0.25, 0.3) is 0 Å². The third-order valence-electron chi connectivity index (χ3n) is 4.56. The molecule has 1 aliphatic rings. The van der Waals surface area contributed by atoms with E-state index in [2.05, 4.69) is 15.6 Å². The molecule has 1 heterocycles. The molecule has 0 aromatic heterocycles. The quantitative estimate of drug-likeness (QED) is 0.189. The van der Waals surface area contributed by atoms with Gasteiger partial charge in [-0.05, 0) is 37.5 Å². The average Bonchev–Trinajstić information content (AvgIpc) is 2.70. The molecule has 1 aromatic carbocycles. The summed E-state index contributed by atoms with van der Waals surface area (Å²) in [5, 5.41) is 6.05. The van der Waals surface area contributed by atoms with Gasteiger partial charge in [0.15, 0.2) is 5.96 Å². The van der Waals surface area contributed by atoms with Gasteiger partial charge in [-0.2, -0.15) is 0 Å². The highest BCUT2D eigenvalue weighted by atomic mass is 127. The van der Waals surface area contributed by atoms with Crippen LogP contribution < -0.4 is 10.6 Å². The number of nitrogens with one attached hydrogen (secondary N) is 2. The van der Waals surface area contributed by atoms with Crippen LogP contribution in [0.1, 0.15) is 25.3 Å². The molecule has 1 aromatic rings. The van der Waals surface area contributed by atoms with Crippen molar-refractivity contribution in [1.82, 2.24) is 15.5 Å². The van der Waals surface area contributed by atoms with E-state index in [1.165, 1.54) is 12.1 Å². The Morgan fingerprint density at radius 2 is 1.93 bits per heavy atom. The van der Waals surface area contributed by atoms with Crippen molar-refractivity contribution < 1.29 is 18.7 Å². The van der Waals surface area contributed by atoms with Crippen LogP contribution in [0.4, 0.5) is 4.39 Å². The summed E-state index contributed by atoms with van der Waals surface area (Å²) in [7, 11) is 1.70. The number of aliphatic imine (C=N–C) groups is 1. The molecule has 7 nitrogen and oxygen atoms in total. The highest BCUT2D eigenvalue weighted by Crippen LogP contribution is 2.18. The number of likely N-dealkylation sites (tertiary alicyclic amines) is 1. The number of halogens is 2. The van der Waals surface area contributed by atoms with E-state index in [4.69, 9.17) is 4.74 Å². The van der Waals surface area contributed by atoms with Gasteiger partial charge >= 0.3 is 5.97 Å². The zero-order valence-electron chi connectivity index (χ0n) is 16.9. The molecule has 0 radical (unpaired) electrons. The predicted octanol–water partition coefficient (Wildman–Crippen LogP) is 1.95. The summed E-state index contributed by atoms with van der Waals surface area (Å²) < 4.78 is 18.0. The van der Waals surface area contributed by atoms with E-state index in [0.717, 1.165) is 24.9 Å². The van der Waals surface area contributed by atoms with E-state index < -0.39 is 0 Å². The second-order valence-corrected chi connectivity index (χ2v) is 6.66. The Morgan fingerprint density at radius 3 is 2.59 bits per heavy atom. The van der Waals surface area contributed by atoms with Gasteiger partial charge in [-0.1, -0.05) is 12.1 Å². The second kappa shape index (κ2) is 13.3. The second-order valence-electron chi connectivity index (χ2n) is 6.66. The first-order chi connectivity index (χ1) is 13.5. The third-order valence-corrected chi connectivity index (χ3v) is 4.56. The van der Waals surface area contributed by atoms with Crippen LogP contribution in [0.25, 0.3) is 0 Å². The van der Waals surface area contributed by atoms with Gasteiger partial charge in [-0.25, -0.2) is 4.39 Å². The summed E-state index contributed by atoms with van der Waals surface area (Å²) >= 11 is 0. The molecule has 2 N–H and O–H groups in total. The van der Waals surface area contributed by atoms with E-state index in [0.29, 0.717) is 32.2 Å². The summed E-state index contributed by atoms with van der Waals surface area (Å²) in [6.45, 7) is 4.56. The molecule has 1 unspecified atom stereocenters. The lowest BCUT2D eigenvalue weighted by Crippen LogP contribution is -2.49. The Morgan fingerprint density at radius 1 is 1.24 bits per heavy atom. The molecule has 1 fully saturated rings. The fourth-order valence-electron chi connectivity index (χ4n) is 3.18. The number of piperidine rings is 1. The lowest BCUT2D eigenvalue weighted by Gasteiger charge is -2.33. The first-order valence-electron chi connectivity index (χ1n) is 9.66. The van der Waals surface area contributed by atoms with Crippen LogP contribution in [-0.2, 0) is 20.7 Å². The average molecular weight is 520 g/mol. The van der Waals surface area contributed by atoms with Crippen molar-refractivity contribution in [2.75, 3.05) is 39.8 Å². The number of hydrogen-bond donors (Lipinski definition) is 2. The van der Waals surface area contributed by atoms with Crippen LogP contribution >= 0.6 is 24.0 Å². The molecule has 1 aliphatic heterocycles. The zero-order chi connectivity index (χ0) is 20.4. The predicted molar refractivity (Wildman–Crippen MR) is 121 cm³/mol. The molecule has 2 rings (SSSR count). The van der Waals surface area contributed by atoms with Gasteiger partial charge in [0.05, 0.1) is 18.9 Å². The van der Waals surface area contributed by atoms with E-state index >= 15 is 0 Å². The minimum absolute atomic E-state index is 0. The number of nitrogens with zero attached hydrogens (tertiary/aromatic N) is 2. The molecule has 1 saturated heterocycles. The van der Waals surface area contributed by atoms with Crippen molar-refractivity contribution >= 4 is 41.8 Å². The van der Waals surface area contributed by atoms with Gasteiger partial charge in [0.1, 0.15) is 5.82 Å². The van der Waals surface area contributed by atoms with Crippen molar-refractivity contribution in [2.45, 2.75) is 26.2 Å². The Hall–Kier alpha value is -1.91. The van der Waals surface area contributed by atoms with Crippen molar-refractivity contribution in [2.24, 2.45) is 10.9 Å². The van der Waals surface area contributed by atoms with Gasteiger partial charge < -0.3 is 20.3 Å². The minimum Gasteiger partial charge on any atom is -0.466 e. The molecule has 0 saturated carbocycles. The topological polar surface area (TPSA) is 83.0 Å². The number of amides is 1. The molecule has 0 bridgehead atoms. The number of carbonyl (C=O) groups excluding carboxylic acids is 2. The molecule has 9 heteroatoms. The monoisotopic (exact) mass is 520 g/mol. The molecule has 0 spiro atoms. The SMILES string of the molecule is CCOC(=O)C1CCCN(C(=NC)NCCNC(=O)Cc2ccc(F)cc2)C1.I. The Kier molecular flexibility index (Phi) is 11.6. The summed E-state index contributed by atoms with van der Waals surface area (Å²) in [6.07, 6.45) is 1.94. The van der Waals surface area contributed by atoms with Crippen molar-refractivity contribution in [3.8, 4) is 0 Å². The maximum Gasteiger partial charge on any atom is 0.310 e. The summed E-state index contributed by atoms with van der Waals surface area (Å²) in [5.41, 5.74) is 0.765. The fraction of sp³-hybridized carbons (Fsp3) is 0.550. The van der Waals surface area contributed by atoms with Crippen molar-refractivity contribution in [3.05, 3.63) is 35.6 Å². The van der Waals surface area contributed by atoms with Gasteiger partial charge in [0, 0.05) is 33.2 Å². The summed E-state index contributed by atoms with van der Waals surface area (Å²) in [5.74, 6) is -0.0217. The number of benzene rings is 1. The summed E-state index contributed by atoms with van der Waals surface area (Å²) in [4.78, 5) is 30.3. The highest BCUT2D eigenvalue weighted by Gasteiger charge is 2.28. The number of esters is 1. The van der Waals surface area contributed by atoms with Crippen LogP contribution in [0.15, 0.2) is 29.3 Å². The molecule has 1 atom stereocenters. The highest BCUT2D eigenvalue weighted by molar-refractivity contribution is 14.0. The normalized spacial score (nSPS) is 16.6. The molecular formula is C20H30FIN4O3. The smallest absolute Gasteiger partial charge is 0.310 e. The Bertz CT molecular complexity index is 685. The zero-order valence-corrected chi connectivity index (χ0v) is 19.3. The Labute approximate surface area is 188 Å². The van der Waals surface area contributed by atoms with Crippen LogP contribution in [0.3, 0.4) is 0 Å². The van der Waals surface area contributed by atoms with E-state index in [1.54, 1.807) is 19.2 Å². The van der Waals surface area contributed by atoms with Crippen LogP contribution in [0.2, 0.25) is 0 Å². The number of carbonyl (C=O) groups is 2. The van der Waals surface area contributed by atoms with Gasteiger partial charge in [-0.3, -0.25) is 14.6 Å². The first-order valence-corrected chi connectivity index (χ1v) is 9.66. The number of guanidine groups is 1. The number of rotatable bonds is 7. The number of hydrogen-bond acceptors (Lipinski definition) is 4. The third kappa shape index (κ3) is 8.55. The van der Waals surface area contributed by atoms with Crippen LogP contribution in [-0.4, -0.2) is 62.6 Å². The molecule has 0 aliphatic carbocycles. The standard InChI is InChI=1S/C20H29FN4O3.HI/c1-3-28-19(27)16-5-4-12-25(14-16)20(22-2)24-11-10-23-18(26)13-15-6-8-17(21)9-7-15;/h6-9,16H,3-5,10-14H2,1-2H3,(H,22,24)(H,23,26);1H. The first kappa shape index (κ1) is 25.1. The van der Waals surface area contributed by atoms with Crippen molar-refractivity contribution in [3.63, 3.8) is 0 Å². The number of ether oxygens (including phenoxy) is 1.